The van der Waals surface area contributed by atoms with Crippen molar-refractivity contribution in [2.45, 2.75) is 31.2 Å². The van der Waals surface area contributed by atoms with Crippen LogP contribution in [0.4, 0.5) is 0 Å². The molecule has 0 aliphatic carbocycles. The van der Waals surface area contributed by atoms with Gasteiger partial charge in [-0.05, 0) is 43.5 Å². The SMILES string of the molecule is CCn1c(C[C@@H]2CCN(C(=O)CSc3ccccc3)C2)nc2cccnc21. The Hall–Kier alpha value is -2.34. The maximum atomic E-state index is 12.6. The second-order valence-electron chi connectivity index (χ2n) is 6.92. The summed E-state index contributed by atoms with van der Waals surface area (Å²) in [6, 6.07) is 14.1. The van der Waals surface area contributed by atoms with Gasteiger partial charge >= 0.3 is 0 Å². The van der Waals surface area contributed by atoms with Crippen molar-refractivity contribution in [2.24, 2.45) is 5.92 Å². The van der Waals surface area contributed by atoms with E-state index in [0.29, 0.717) is 11.7 Å². The number of nitrogens with zero attached hydrogens (tertiary/aromatic N) is 4. The fourth-order valence-corrected chi connectivity index (χ4v) is 4.55. The van der Waals surface area contributed by atoms with E-state index >= 15 is 0 Å². The third-order valence-corrected chi connectivity index (χ3v) is 6.11. The molecule has 0 spiro atoms. The molecule has 27 heavy (non-hydrogen) atoms. The standard InChI is InChI=1S/C21H24N4OS/c1-2-25-19(23-18-9-6-11-22-21(18)25)13-16-10-12-24(14-16)20(26)15-27-17-7-4-3-5-8-17/h3-9,11,16H,2,10,12-15H2,1H3/t16-/m0/s1. The van der Waals surface area contributed by atoms with E-state index in [0.717, 1.165) is 54.4 Å². The van der Waals surface area contributed by atoms with Gasteiger partial charge in [0.1, 0.15) is 11.3 Å². The molecule has 4 rings (SSSR count). The van der Waals surface area contributed by atoms with Crippen molar-refractivity contribution in [1.29, 1.82) is 0 Å². The Balaban J connectivity index is 1.36. The number of rotatable bonds is 6. The highest BCUT2D eigenvalue weighted by Gasteiger charge is 2.27. The van der Waals surface area contributed by atoms with Gasteiger partial charge in [-0.25, -0.2) is 9.97 Å². The lowest BCUT2D eigenvalue weighted by atomic mass is 10.0. The largest absolute Gasteiger partial charge is 0.342 e. The highest BCUT2D eigenvalue weighted by molar-refractivity contribution is 8.00. The fourth-order valence-electron chi connectivity index (χ4n) is 3.73. The molecule has 3 aromatic rings. The topological polar surface area (TPSA) is 51.0 Å². The summed E-state index contributed by atoms with van der Waals surface area (Å²) < 4.78 is 2.20. The summed E-state index contributed by atoms with van der Waals surface area (Å²) in [6.07, 6.45) is 3.77. The van der Waals surface area contributed by atoms with Crippen LogP contribution in [-0.2, 0) is 17.8 Å². The Kier molecular flexibility index (Phi) is 5.43. The van der Waals surface area contributed by atoms with Crippen LogP contribution >= 0.6 is 11.8 Å². The van der Waals surface area contributed by atoms with E-state index in [4.69, 9.17) is 4.98 Å². The van der Waals surface area contributed by atoms with Crippen LogP contribution in [0.2, 0.25) is 0 Å². The van der Waals surface area contributed by atoms with E-state index in [9.17, 15) is 4.79 Å². The molecule has 1 aliphatic heterocycles. The average Bonchev–Trinajstić information content (AvgIpc) is 3.31. The summed E-state index contributed by atoms with van der Waals surface area (Å²) in [6.45, 7) is 4.68. The summed E-state index contributed by atoms with van der Waals surface area (Å²) in [7, 11) is 0. The predicted molar refractivity (Wildman–Crippen MR) is 109 cm³/mol. The van der Waals surface area contributed by atoms with E-state index in [2.05, 4.69) is 16.5 Å². The molecular weight excluding hydrogens is 356 g/mol. The third-order valence-electron chi connectivity index (χ3n) is 5.11. The maximum Gasteiger partial charge on any atom is 0.232 e. The molecule has 0 radical (unpaired) electrons. The first-order valence-corrected chi connectivity index (χ1v) is 10.5. The van der Waals surface area contributed by atoms with Gasteiger partial charge < -0.3 is 9.47 Å². The maximum absolute atomic E-state index is 12.6. The molecule has 1 fully saturated rings. The second kappa shape index (κ2) is 8.13. The van der Waals surface area contributed by atoms with Crippen molar-refractivity contribution in [1.82, 2.24) is 19.4 Å². The van der Waals surface area contributed by atoms with Crippen molar-refractivity contribution in [3.8, 4) is 0 Å². The molecule has 0 unspecified atom stereocenters. The Labute approximate surface area is 163 Å². The second-order valence-corrected chi connectivity index (χ2v) is 7.97. The number of pyridine rings is 1. The molecule has 1 aromatic carbocycles. The van der Waals surface area contributed by atoms with Crippen LogP contribution in [0.3, 0.4) is 0 Å². The molecule has 1 amide bonds. The van der Waals surface area contributed by atoms with Gasteiger partial charge in [-0.2, -0.15) is 0 Å². The number of likely N-dealkylation sites (tertiary alicyclic amines) is 1. The van der Waals surface area contributed by atoms with Crippen LogP contribution in [0.5, 0.6) is 0 Å². The summed E-state index contributed by atoms with van der Waals surface area (Å²) in [5, 5.41) is 0. The van der Waals surface area contributed by atoms with Crippen molar-refractivity contribution in [3.05, 3.63) is 54.5 Å². The molecule has 1 aliphatic rings. The van der Waals surface area contributed by atoms with Crippen LogP contribution in [0.1, 0.15) is 19.2 Å². The van der Waals surface area contributed by atoms with E-state index in [-0.39, 0.29) is 5.91 Å². The van der Waals surface area contributed by atoms with Crippen molar-refractivity contribution >= 4 is 28.8 Å². The normalized spacial score (nSPS) is 16.9. The number of imidazole rings is 1. The van der Waals surface area contributed by atoms with Gasteiger partial charge in [0.15, 0.2) is 5.65 Å². The van der Waals surface area contributed by atoms with E-state index < -0.39 is 0 Å². The molecule has 0 N–H and O–H groups in total. The highest BCUT2D eigenvalue weighted by atomic mass is 32.2. The number of thioether (sulfide) groups is 1. The lowest BCUT2D eigenvalue weighted by Gasteiger charge is -2.16. The first-order valence-electron chi connectivity index (χ1n) is 9.50. The van der Waals surface area contributed by atoms with Gasteiger partial charge in [0.2, 0.25) is 5.91 Å². The molecule has 1 saturated heterocycles. The van der Waals surface area contributed by atoms with Gasteiger partial charge in [-0.15, -0.1) is 11.8 Å². The van der Waals surface area contributed by atoms with Crippen LogP contribution in [0.25, 0.3) is 11.2 Å². The number of fused-ring (bicyclic) bond motifs is 1. The number of carbonyl (C=O) groups is 1. The summed E-state index contributed by atoms with van der Waals surface area (Å²) in [4.78, 5) is 25.0. The van der Waals surface area contributed by atoms with Crippen molar-refractivity contribution in [3.63, 3.8) is 0 Å². The number of aromatic nitrogens is 3. The number of hydrogen-bond acceptors (Lipinski definition) is 4. The van der Waals surface area contributed by atoms with Crippen molar-refractivity contribution in [2.75, 3.05) is 18.8 Å². The van der Waals surface area contributed by atoms with Crippen LogP contribution in [0.15, 0.2) is 53.6 Å². The molecule has 2 aromatic heterocycles. The smallest absolute Gasteiger partial charge is 0.232 e. The first-order chi connectivity index (χ1) is 13.2. The molecule has 0 bridgehead atoms. The van der Waals surface area contributed by atoms with Gasteiger partial charge in [-0.1, -0.05) is 18.2 Å². The molecule has 140 valence electrons. The zero-order chi connectivity index (χ0) is 18.6. The first kappa shape index (κ1) is 18.0. The predicted octanol–water partition coefficient (Wildman–Crippen LogP) is 3.63. The minimum atomic E-state index is 0.233. The number of carbonyl (C=O) groups excluding carboxylic acids is 1. The lowest BCUT2D eigenvalue weighted by Crippen LogP contribution is -2.30. The molecule has 3 heterocycles. The minimum Gasteiger partial charge on any atom is -0.342 e. The highest BCUT2D eigenvalue weighted by Crippen LogP contribution is 2.24. The van der Waals surface area contributed by atoms with Crippen LogP contribution < -0.4 is 0 Å². The number of hydrogen-bond donors (Lipinski definition) is 0. The third kappa shape index (κ3) is 4.00. The Morgan fingerprint density at radius 3 is 2.89 bits per heavy atom. The molecule has 0 saturated carbocycles. The number of amides is 1. The molecule has 5 nitrogen and oxygen atoms in total. The Morgan fingerprint density at radius 2 is 2.07 bits per heavy atom. The fraction of sp³-hybridized carbons (Fsp3) is 0.381. The Morgan fingerprint density at radius 1 is 1.22 bits per heavy atom. The van der Waals surface area contributed by atoms with Crippen molar-refractivity contribution < 1.29 is 4.79 Å². The van der Waals surface area contributed by atoms with Gasteiger partial charge in [0, 0.05) is 37.1 Å². The zero-order valence-corrected chi connectivity index (χ0v) is 16.4. The lowest BCUT2D eigenvalue weighted by molar-refractivity contribution is -0.127. The summed E-state index contributed by atoms with van der Waals surface area (Å²) in [5.41, 5.74) is 1.92. The molecule has 6 heteroatoms. The van der Waals surface area contributed by atoms with Crippen LogP contribution in [0, 0.1) is 5.92 Å². The van der Waals surface area contributed by atoms with Gasteiger partial charge in [0.25, 0.3) is 0 Å². The minimum absolute atomic E-state index is 0.233. The molecular formula is C21H24N4OS. The van der Waals surface area contributed by atoms with E-state index in [1.165, 1.54) is 0 Å². The monoisotopic (exact) mass is 380 g/mol. The number of aryl methyl sites for hydroxylation is 1. The summed E-state index contributed by atoms with van der Waals surface area (Å²) in [5.74, 6) is 2.30. The van der Waals surface area contributed by atoms with E-state index in [1.54, 1.807) is 11.8 Å². The van der Waals surface area contributed by atoms with Gasteiger partial charge in [0.05, 0.1) is 5.75 Å². The average molecular weight is 381 g/mol. The molecule has 1 atom stereocenters. The zero-order valence-electron chi connectivity index (χ0n) is 15.5. The quantitative estimate of drug-likeness (QED) is 0.613. The Bertz CT molecular complexity index is 924. The number of benzene rings is 1. The van der Waals surface area contributed by atoms with E-state index in [1.807, 2.05) is 53.6 Å². The van der Waals surface area contributed by atoms with Gasteiger partial charge in [-0.3, -0.25) is 4.79 Å². The van der Waals surface area contributed by atoms with Crippen LogP contribution in [-0.4, -0.2) is 44.2 Å². The summed E-state index contributed by atoms with van der Waals surface area (Å²) >= 11 is 1.61.